The first-order chi connectivity index (χ1) is 13.0. The maximum absolute atomic E-state index is 12.9. The highest BCUT2D eigenvalue weighted by molar-refractivity contribution is 5.79. The van der Waals surface area contributed by atoms with E-state index >= 15 is 0 Å². The summed E-state index contributed by atoms with van der Waals surface area (Å²) in [6.45, 7) is 0. The normalized spacial score (nSPS) is 14.8. The van der Waals surface area contributed by atoms with Crippen LogP contribution in [0.5, 0.6) is 0 Å². The van der Waals surface area contributed by atoms with E-state index in [4.69, 9.17) is 0 Å². The van der Waals surface area contributed by atoms with Crippen LogP contribution < -0.4 is 0 Å². The maximum atomic E-state index is 12.9. The Morgan fingerprint density at radius 3 is 2.67 bits per heavy atom. The third-order valence-corrected chi connectivity index (χ3v) is 4.45. The largest absolute Gasteiger partial charge is 0.412 e. The molecule has 3 nitrogen and oxygen atoms in total. The first-order valence-corrected chi connectivity index (χ1v) is 8.64. The predicted molar refractivity (Wildman–Crippen MR) is 97.9 cm³/mol. The van der Waals surface area contributed by atoms with Gasteiger partial charge in [0.2, 0.25) is 0 Å². The van der Waals surface area contributed by atoms with E-state index in [1.54, 1.807) is 18.3 Å². The molecule has 0 unspecified atom stereocenters. The molecule has 136 valence electrons. The van der Waals surface area contributed by atoms with Crippen molar-refractivity contribution in [3.8, 4) is 11.5 Å². The summed E-state index contributed by atoms with van der Waals surface area (Å²) in [5, 5.41) is 0.939. The summed E-state index contributed by atoms with van der Waals surface area (Å²) in [6, 6.07) is 13.1. The van der Waals surface area contributed by atoms with Crippen molar-refractivity contribution < 1.29 is 13.2 Å². The Morgan fingerprint density at radius 1 is 0.963 bits per heavy atom. The molecule has 1 aliphatic carbocycles. The smallest absolute Gasteiger partial charge is 0.249 e. The Hall–Kier alpha value is -3.02. The van der Waals surface area contributed by atoms with Gasteiger partial charge in [0.15, 0.2) is 5.82 Å². The quantitative estimate of drug-likeness (QED) is 0.618. The minimum atomic E-state index is -4.27. The number of hydrogen-bond donors (Lipinski definition) is 0. The molecule has 0 saturated carbocycles. The van der Waals surface area contributed by atoms with Crippen LogP contribution in [0.2, 0.25) is 0 Å². The van der Waals surface area contributed by atoms with E-state index in [1.165, 1.54) is 6.08 Å². The van der Waals surface area contributed by atoms with Gasteiger partial charge in [-0.05, 0) is 36.6 Å². The average molecular weight is 367 g/mol. The molecule has 0 amide bonds. The zero-order valence-corrected chi connectivity index (χ0v) is 14.4. The van der Waals surface area contributed by atoms with Crippen LogP contribution in [0.4, 0.5) is 13.2 Å². The van der Waals surface area contributed by atoms with Crippen LogP contribution >= 0.6 is 0 Å². The first kappa shape index (κ1) is 17.4. The molecule has 0 bridgehead atoms. The third kappa shape index (κ3) is 3.89. The van der Waals surface area contributed by atoms with Crippen LogP contribution in [-0.4, -0.2) is 21.1 Å². The number of fused-ring (bicyclic) bond motifs is 1. The van der Waals surface area contributed by atoms with E-state index < -0.39 is 11.7 Å². The van der Waals surface area contributed by atoms with Gasteiger partial charge in [0.25, 0.3) is 0 Å². The molecule has 2 aromatic heterocycles. The van der Waals surface area contributed by atoms with Gasteiger partial charge in [-0.3, -0.25) is 0 Å². The van der Waals surface area contributed by atoms with E-state index in [9.17, 15) is 13.2 Å². The fraction of sp³-hybridized carbons (Fsp3) is 0.190. The van der Waals surface area contributed by atoms with E-state index in [0.29, 0.717) is 35.6 Å². The van der Waals surface area contributed by atoms with Crippen molar-refractivity contribution in [3.05, 3.63) is 77.7 Å². The van der Waals surface area contributed by atoms with Crippen LogP contribution in [0, 0.1) is 0 Å². The second kappa shape index (κ2) is 6.95. The molecule has 0 aliphatic heterocycles. The van der Waals surface area contributed by atoms with Gasteiger partial charge in [0, 0.05) is 29.3 Å². The minimum Gasteiger partial charge on any atom is -0.249 e. The van der Waals surface area contributed by atoms with Gasteiger partial charge in [-0.15, -0.1) is 0 Å². The number of allylic oxidation sites excluding steroid dienone is 4. The Labute approximate surface area is 154 Å². The molecule has 6 heteroatoms. The Kier molecular flexibility index (Phi) is 4.48. The van der Waals surface area contributed by atoms with Crippen LogP contribution in [-0.2, 0) is 6.42 Å². The van der Waals surface area contributed by atoms with Gasteiger partial charge in [0.1, 0.15) is 5.69 Å². The monoisotopic (exact) mass is 367 g/mol. The van der Waals surface area contributed by atoms with E-state index in [2.05, 4.69) is 15.0 Å². The van der Waals surface area contributed by atoms with Crippen molar-refractivity contribution in [3.63, 3.8) is 0 Å². The number of nitrogens with zero attached hydrogens (tertiary/aromatic N) is 3. The lowest BCUT2D eigenvalue weighted by molar-refractivity contribution is -0.0941. The molecule has 0 spiro atoms. The minimum absolute atomic E-state index is 0.0331. The number of alkyl halides is 3. The molecule has 0 fully saturated rings. The molecular weight excluding hydrogens is 351 g/mol. The topological polar surface area (TPSA) is 38.7 Å². The highest BCUT2D eigenvalue weighted by atomic mass is 19.4. The van der Waals surface area contributed by atoms with E-state index in [1.807, 2.05) is 36.4 Å². The maximum Gasteiger partial charge on any atom is 0.412 e. The zero-order chi connectivity index (χ0) is 18.9. The lowest BCUT2D eigenvalue weighted by Crippen LogP contribution is -2.14. The Morgan fingerprint density at radius 2 is 1.81 bits per heavy atom. The van der Waals surface area contributed by atoms with Gasteiger partial charge in [-0.2, -0.15) is 13.2 Å². The molecule has 2 heterocycles. The highest BCUT2D eigenvalue weighted by Crippen LogP contribution is 2.33. The average Bonchev–Trinajstić information content (AvgIpc) is 2.67. The molecule has 0 saturated heterocycles. The number of rotatable bonds is 3. The number of para-hydroxylation sites is 1. The number of hydrogen-bond acceptors (Lipinski definition) is 3. The zero-order valence-electron chi connectivity index (χ0n) is 14.4. The molecule has 0 N–H and O–H groups in total. The molecule has 27 heavy (non-hydrogen) atoms. The number of pyridine rings is 1. The Bertz CT molecular complexity index is 1050. The molecular formula is C21H16F3N3. The molecule has 0 atom stereocenters. The van der Waals surface area contributed by atoms with Crippen molar-refractivity contribution in [2.45, 2.75) is 25.4 Å². The summed E-state index contributed by atoms with van der Waals surface area (Å²) in [7, 11) is 0. The van der Waals surface area contributed by atoms with Gasteiger partial charge in [0.05, 0.1) is 5.52 Å². The van der Waals surface area contributed by atoms with Gasteiger partial charge >= 0.3 is 6.18 Å². The fourth-order valence-electron chi connectivity index (χ4n) is 3.12. The summed E-state index contributed by atoms with van der Waals surface area (Å²) in [6.07, 6.45) is 1.34. The van der Waals surface area contributed by atoms with E-state index in [0.717, 1.165) is 10.9 Å². The van der Waals surface area contributed by atoms with Crippen LogP contribution in [0.15, 0.2) is 72.0 Å². The lowest BCUT2D eigenvalue weighted by Gasteiger charge is -2.16. The number of benzene rings is 1. The van der Waals surface area contributed by atoms with Crippen molar-refractivity contribution in [1.29, 1.82) is 0 Å². The second-order valence-electron chi connectivity index (χ2n) is 6.43. The summed E-state index contributed by atoms with van der Waals surface area (Å²) in [5.41, 5.74) is 2.28. The number of aromatic nitrogens is 3. The van der Waals surface area contributed by atoms with Crippen LogP contribution in [0.3, 0.4) is 0 Å². The van der Waals surface area contributed by atoms with Crippen molar-refractivity contribution in [2.75, 3.05) is 0 Å². The summed E-state index contributed by atoms with van der Waals surface area (Å²) in [5.74, 6) is 0.500. The summed E-state index contributed by atoms with van der Waals surface area (Å²) < 4.78 is 38.8. The molecule has 1 aliphatic rings. The lowest BCUT2D eigenvalue weighted by atomic mass is 9.96. The second-order valence-corrected chi connectivity index (χ2v) is 6.43. The van der Waals surface area contributed by atoms with Gasteiger partial charge < -0.3 is 0 Å². The molecule has 4 rings (SSSR count). The van der Waals surface area contributed by atoms with Crippen molar-refractivity contribution in [2.24, 2.45) is 0 Å². The molecule has 3 aromatic rings. The predicted octanol–water partition coefficient (Wildman–Crippen LogP) is 5.44. The van der Waals surface area contributed by atoms with Crippen LogP contribution in [0.1, 0.15) is 18.5 Å². The third-order valence-electron chi connectivity index (χ3n) is 4.45. The standard InChI is InChI=1S/C21H16F3N3/c22-21(23,24)16-7-3-5-14(11-16)12-17-8-4-10-19(26-17)20-25-13-15-6-1-2-9-18(15)27-20/h1-2,4-6,8-11,13H,3,7,12H2. The molecule has 0 radical (unpaired) electrons. The van der Waals surface area contributed by atoms with Gasteiger partial charge in [-0.1, -0.05) is 36.4 Å². The fourth-order valence-corrected chi connectivity index (χ4v) is 3.12. The van der Waals surface area contributed by atoms with E-state index in [-0.39, 0.29) is 6.42 Å². The SMILES string of the molecule is FC(F)(F)C1=CC(Cc2cccc(-c3ncc4ccccc4n3)n2)=CCC1. The Balaban J connectivity index is 1.61. The summed E-state index contributed by atoms with van der Waals surface area (Å²) in [4.78, 5) is 13.4. The number of halogens is 3. The summed E-state index contributed by atoms with van der Waals surface area (Å²) >= 11 is 0. The van der Waals surface area contributed by atoms with Crippen molar-refractivity contribution >= 4 is 10.9 Å². The van der Waals surface area contributed by atoms with Crippen LogP contribution in [0.25, 0.3) is 22.4 Å². The highest BCUT2D eigenvalue weighted by Gasteiger charge is 2.33. The molecule has 1 aromatic carbocycles. The van der Waals surface area contributed by atoms with Crippen molar-refractivity contribution in [1.82, 2.24) is 15.0 Å². The first-order valence-electron chi connectivity index (χ1n) is 8.64. The van der Waals surface area contributed by atoms with Gasteiger partial charge in [-0.25, -0.2) is 15.0 Å².